The van der Waals surface area contributed by atoms with Crippen LogP contribution in [0.5, 0.6) is 0 Å². The number of hydrogen-bond donors (Lipinski definition) is 0. The Bertz CT molecular complexity index is 2560. The van der Waals surface area contributed by atoms with Gasteiger partial charge in [0.2, 0.25) is 0 Å². The Labute approximate surface area is 231 Å². The number of para-hydroxylation sites is 2. The molecule has 0 amide bonds. The van der Waals surface area contributed by atoms with Gasteiger partial charge in [-0.15, -0.1) is 0 Å². The van der Waals surface area contributed by atoms with Crippen LogP contribution in [0.25, 0.3) is 70.9 Å². The molecular weight excluding hydrogens is 460 g/mol. The minimum atomic E-state index is -0.435. The van der Waals surface area contributed by atoms with Gasteiger partial charge in [0.1, 0.15) is 5.82 Å². The summed E-state index contributed by atoms with van der Waals surface area (Å²) in [7, 11) is 0. The third kappa shape index (κ3) is 2.92. The topological polar surface area (TPSA) is 17.8 Å². The van der Waals surface area contributed by atoms with Crippen molar-refractivity contribution in [3.63, 3.8) is 0 Å². The van der Waals surface area contributed by atoms with E-state index in [1.165, 1.54) is 0 Å². The monoisotopic (exact) mass is 492 g/mol. The first kappa shape index (κ1) is 14.7. The molecule has 0 saturated carbocycles. The van der Waals surface area contributed by atoms with Gasteiger partial charge in [0.25, 0.3) is 0 Å². The van der Waals surface area contributed by atoms with Crippen LogP contribution in [-0.4, -0.2) is 9.55 Å². The summed E-state index contributed by atoms with van der Waals surface area (Å²) in [4.78, 5) is 4.72. The van der Waals surface area contributed by atoms with E-state index < -0.39 is 24.2 Å². The molecule has 178 valence electrons. The summed E-state index contributed by atoms with van der Waals surface area (Å²) in [6, 6.07) is 22.0. The maximum absolute atomic E-state index is 9.31. The first-order chi connectivity index (χ1) is 22.1. The fourth-order valence-electron chi connectivity index (χ4n) is 5.79. The highest BCUT2D eigenvalue weighted by Crippen LogP contribution is 2.45. The Hall–Kier alpha value is -4.95. The number of hydrogen-bond acceptors (Lipinski definition) is 1. The molecule has 1 heterocycles. The van der Waals surface area contributed by atoms with E-state index in [1.807, 2.05) is 78.9 Å². The van der Waals surface area contributed by atoms with Crippen LogP contribution >= 0.6 is 0 Å². The second kappa shape index (κ2) is 8.03. The summed E-state index contributed by atoms with van der Waals surface area (Å²) < 4.78 is 73.9. The lowest BCUT2D eigenvalue weighted by Gasteiger charge is -2.20. The van der Waals surface area contributed by atoms with Crippen LogP contribution in [-0.2, 0) is 0 Å². The third-order valence-corrected chi connectivity index (χ3v) is 7.34. The average molecular weight is 493 g/mol. The molecule has 2 nitrogen and oxygen atoms in total. The van der Waals surface area contributed by atoms with Crippen LogP contribution in [0.15, 0.2) is 127 Å². The van der Waals surface area contributed by atoms with E-state index >= 15 is 0 Å². The van der Waals surface area contributed by atoms with Gasteiger partial charge in [-0.05, 0) is 68.6 Å². The lowest BCUT2D eigenvalue weighted by molar-refractivity contribution is 1.02. The molecule has 8 rings (SSSR count). The smallest absolute Gasteiger partial charge is 0.111 e. The van der Waals surface area contributed by atoms with Crippen molar-refractivity contribution in [2.45, 2.75) is 6.92 Å². The van der Waals surface area contributed by atoms with Gasteiger partial charge in [-0.3, -0.25) is 4.57 Å². The average Bonchev–Trinajstić information content (AvgIpc) is 3.41. The minimum absolute atomic E-state index is 0.155. The summed E-state index contributed by atoms with van der Waals surface area (Å²) in [5.74, 6) is 0.507. The molecule has 0 N–H and O–H groups in total. The van der Waals surface area contributed by atoms with Crippen LogP contribution < -0.4 is 0 Å². The maximum Gasteiger partial charge on any atom is 0.111 e. The quantitative estimate of drug-likeness (QED) is 0.173. The second-order valence-corrected chi connectivity index (χ2v) is 9.40. The molecule has 1 aromatic heterocycles. The molecule has 0 unspecified atom stereocenters. The molecule has 38 heavy (non-hydrogen) atoms. The van der Waals surface area contributed by atoms with E-state index in [0.717, 1.165) is 21.5 Å². The molecular formula is C36H24N2. The highest BCUT2D eigenvalue weighted by molar-refractivity contribution is 6.24. The van der Waals surface area contributed by atoms with E-state index in [1.54, 1.807) is 11.5 Å². The zero-order valence-electron chi connectivity index (χ0n) is 28.4. The Morgan fingerprint density at radius 3 is 1.92 bits per heavy atom. The van der Waals surface area contributed by atoms with Crippen LogP contribution in [0.3, 0.4) is 0 Å². The summed E-state index contributed by atoms with van der Waals surface area (Å²) >= 11 is 0. The molecule has 0 bridgehead atoms. The predicted octanol–water partition coefficient (Wildman–Crippen LogP) is 9.61. The highest BCUT2D eigenvalue weighted by Gasteiger charge is 2.20. The number of fused-ring (bicyclic) bond motifs is 6. The van der Waals surface area contributed by atoms with Crippen molar-refractivity contribution in [3.8, 4) is 16.8 Å². The zero-order valence-corrected chi connectivity index (χ0v) is 20.4. The molecule has 0 aliphatic rings. The molecule has 2 heteroatoms. The molecule has 0 atom stereocenters. The molecule has 8 aromatic rings. The van der Waals surface area contributed by atoms with Gasteiger partial charge < -0.3 is 0 Å². The van der Waals surface area contributed by atoms with Crippen molar-refractivity contribution in [2.75, 3.05) is 0 Å². The van der Waals surface area contributed by atoms with Gasteiger partial charge in [0, 0.05) is 10.8 Å². The van der Waals surface area contributed by atoms with E-state index in [2.05, 4.69) is 0 Å². The summed E-state index contributed by atoms with van der Waals surface area (Å²) in [6.45, 7) is 1.78. The summed E-state index contributed by atoms with van der Waals surface area (Å²) in [5.41, 5.74) is 2.47. The van der Waals surface area contributed by atoms with Crippen LogP contribution in [0.4, 0.5) is 0 Å². The molecule has 0 radical (unpaired) electrons. The SMILES string of the molecule is [2H]c1c([2H])c([2H])c2c(-n3c(C)nc4ccccc43)c3c([2H])c([2H])c([2H])c([2H])c3c(-c3cc4ccccc4c4ccccc34)c2c1[2H]. The highest BCUT2D eigenvalue weighted by atomic mass is 15.1. The largest absolute Gasteiger partial charge is 0.295 e. The minimum Gasteiger partial charge on any atom is -0.295 e. The maximum atomic E-state index is 9.31. The number of aromatic nitrogens is 2. The first-order valence-corrected chi connectivity index (χ1v) is 12.4. The van der Waals surface area contributed by atoms with Crippen molar-refractivity contribution in [2.24, 2.45) is 0 Å². The fraction of sp³-hybridized carbons (Fsp3) is 0.0278. The Balaban J connectivity index is 1.77. The molecule has 0 spiro atoms. The standard InChI is InChI=1S/C36H24N2/c1-23-37-33-20-10-11-21-34(33)38(23)36-30-18-8-6-16-28(30)35(29-17-7-9-19-31(29)36)32-22-24-12-2-3-13-25(24)26-14-4-5-15-27(26)32/h2-22H,1H3/i6D,7D,8D,9D,16D,17D,18D,19D. The Morgan fingerprint density at radius 2 is 1.18 bits per heavy atom. The normalized spacial score (nSPS) is 14.8. The molecule has 0 saturated heterocycles. The second-order valence-electron chi connectivity index (χ2n) is 9.40. The van der Waals surface area contributed by atoms with Crippen molar-refractivity contribution < 1.29 is 11.0 Å². The Kier molecular flexibility index (Phi) is 3.11. The van der Waals surface area contributed by atoms with Gasteiger partial charge in [-0.1, -0.05) is 109 Å². The van der Waals surface area contributed by atoms with Gasteiger partial charge in [-0.2, -0.15) is 0 Å². The van der Waals surface area contributed by atoms with E-state index in [-0.39, 0.29) is 51.4 Å². The van der Waals surface area contributed by atoms with Crippen LogP contribution in [0.1, 0.15) is 16.8 Å². The van der Waals surface area contributed by atoms with Crippen molar-refractivity contribution in [1.29, 1.82) is 0 Å². The van der Waals surface area contributed by atoms with Crippen molar-refractivity contribution in [1.82, 2.24) is 9.55 Å². The summed E-state index contributed by atoms with van der Waals surface area (Å²) in [6.07, 6.45) is 0. The molecule has 0 fully saturated rings. The van der Waals surface area contributed by atoms with Gasteiger partial charge in [-0.25, -0.2) is 4.98 Å². The number of rotatable bonds is 2. The van der Waals surface area contributed by atoms with Crippen molar-refractivity contribution >= 4 is 54.1 Å². The van der Waals surface area contributed by atoms with Crippen LogP contribution in [0.2, 0.25) is 0 Å². The Morgan fingerprint density at radius 1 is 0.605 bits per heavy atom. The van der Waals surface area contributed by atoms with Gasteiger partial charge in [0.15, 0.2) is 0 Å². The fourth-order valence-corrected chi connectivity index (χ4v) is 5.79. The van der Waals surface area contributed by atoms with Crippen LogP contribution in [0, 0.1) is 6.92 Å². The predicted molar refractivity (Wildman–Crippen MR) is 161 cm³/mol. The number of aryl methyl sites for hydroxylation is 1. The third-order valence-electron chi connectivity index (χ3n) is 7.34. The van der Waals surface area contributed by atoms with E-state index in [0.29, 0.717) is 28.0 Å². The number of nitrogens with zero attached hydrogens (tertiary/aromatic N) is 2. The van der Waals surface area contributed by atoms with Gasteiger partial charge >= 0.3 is 0 Å². The molecule has 0 aliphatic carbocycles. The van der Waals surface area contributed by atoms with E-state index in [4.69, 9.17) is 10.5 Å². The lowest BCUT2D eigenvalue weighted by atomic mass is 9.86. The molecule has 7 aromatic carbocycles. The first-order valence-electron chi connectivity index (χ1n) is 16.4. The van der Waals surface area contributed by atoms with E-state index in [9.17, 15) is 5.48 Å². The zero-order chi connectivity index (χ0) is 32.2. The summed E-state index contributed by atoms with van der Waals surface area (Å²) in [5, 5.41) is 4.26. The molecule has 0 aliphatic heterocycles. The lowest BCUT2D eigenvalue weighted by Crippen LogP contribution is -2.01. The van der Waals surface area contributed by atoms with Gasteiger partial charge in [0.05, 0.1) is 27.7 Å². The number of imidazole rings is 1. The van der Waals surface area contributed by atoms with Crippen molar-refractivity contribution in [3.05, 3.63) is 133 Å². The number of benzene rings is 7.